The number of hydrogen-bond acceptors (Lipinski definition) is 5. The van der Waals surface area contributed by atoms with Crippen LogP contribution >= 0.6 is 0 Å². The minimum atomic E-state index is 0.119. The van der Waals surface area contributed by atoms with Gasteiger partial charge in [-0.3, -0.25) is 0 Å². The number of anilines is 1. The van der Waals surface area contributed by atoms with E-state index in [1.807, 2.05) is 4.52 Å². The first-order valence-corrected chi connectivity index (χ1v) is 8.27. The highest BCUT2D eigenvalue weighted by Gasteiger charge is 2.21. The summed E-state index contributed by atoms with van der Waals surface area (Å²) in [6, 6.07) is 4.16. The highest BCUT2D eigenvalue weighted by Crippen LogP contribution is 2.28. The third-order valence-corrected chi connectivity index (χ3v) is 3.95. The number of nitrogens with two attached hydrogens (primary N) is 1. The van der Waals surface area contributed by atoms with E-state index in [1.165, 1.54) is 0 Å². The fourth-order valence-electron chi connectivity index (χ4n) is 2.84. The van der Waals surface area contributed by atoms with Crippen molar-refractivity contribution in [3.8, 4) is 0 Å². The summed E-state index contributed by atoms with van der Waals surface area (Å²) in [4.78, 5) is 4.73. The van der Waals surface area contributed by atoms with E-state index in [2.05, 4.69) is 24.4 Å². The summed E-state index contributed by atoms with van der Waals surface area (Å²) >= 11 is 0. The van der Waals surface area contributed by atoms with Gasteiger partial charge in [0.1, 0.15) is 11.9 Å². The van der Waals surface area contributed by atoms with Gasteiger partial charge in [0.25, 0.3) is 0 Å². The SMILES string of the molecule is CCCc1cc(NCCCN)n2nc(C3CCCO3)cc2n1. The molecule has 1 aliphatic rings. The number of ether oxygens (including phenoxy) is 1. The van der Waals surface area contributed by atoms with Gasteiger partial charge >= 0.3 is 0 Å². The lowest BCUT2D eigenvalue weighted by atomic mass is 10.2. The Bertz CT molecular complexity index is 618. The van der Waals surface area contributed by atoms with Gasteiger partial charge in [0, 0.05) is 31.0 Å². The summed E-state index contributed by atoms with van der Waals surface area (Å²) in [5.74, 6) is 0.992. The van der Waals surface area contributed by atoms with E-state index in [1.54, 1.807) is 0 Å². The lowest BCUT2D eigenvalue weighted by molar-refractivity contribution is 0.108. The maximum absolute atomic E-state index is 5.74. The second kappa shape index (κ2) is 7.07. The van der Waals surface area contributed by atoms with E-state index >= 15 is 0 Å². The van der Waals surface area contributed by atoms with Crippen LogP contribution in [0.3, 0.4) is 0 Å². The minimum Gasteiger partial charge on any atom is -0.372 e. The Morgan fingerprint density at radius 3 is 3.09 bits per heavy atom. The molecule has 0 saturated carbocycles. The summed E-state index contributed by atoms with van der Waals surface area (Å²) < 4.78 is 7.64. The number of aryl methyl sites for hydroxylation is 1. The Labute approximate surface area is 131 Å². The van der Waals surface area contributed by atoms with Crippen LogP contribution in [0.5, 0.6) is 0 Å². The lowest BCUT2D eigenvalue weighted by Crippen LogP contribution is -2.12. The fourth-order valence-corrected chi connectivity index (χ4v) is 2.84. The van der Waals surface area contributed by atoms with Crippen molar-refractivity contribution in [2.24, 2.45) is 5.73 Å². The average molecular weight is 303 g/mol. The molecule has 0 aromatic carbocycles. The van der Waals surface area contributed by atoms with Crippen molar-refractivity contribution in [3.05, 3.63) is 23.5 Å². The first-order valence-electron chi connectivity index (χ1n) is 8.27. The van der Waals surface area contributed by atoms with Crippen LogP contribution in [0.15, 0.2) is 12.1 Å². The Balaban J connectivity index is 1.93. The number of aromatic nitrogens is 3. The Morgan fingerprint density at radius 2 is 2.36 bits per heavy atom. The van der Waals surface area contributed by atoms with Gasteiger partial charge in [0.15, 0.2) is 5.65 Å². The molecule has 3 N–H and O–H groups in total. The van der Waals surface area contributed by atoms with Crippen molar-refractivity contribution in [2.75, 3.05) is 25.0 Å². The molecule has 0 amide bonds. The molecule has 2 aromatic rings. The number of nitrogens with zero attached hydrogens (tertiary/aromatic N) is 3. The van der Waals surface area contributed by atoms with Gasteiger partial charge in [0.05, 0.1) is 5.69 Å². The van der Waals surface area contributed by atoms with Crippen LogP contribution in [0.1, 0.15) is 50.1 Å². The van der Waals surface area contributed by atoms with Crippen molar-refractivity contribution in [2.45, 2.75) is 45.1 Å². The van der Waals surface area contributed by atoms with Gasteiger partial charge in [-0.1, -0.05) is 13.3 Å². The first kappa shape index (κ1) is 15.2. The maximum Gasteiger partial charge on any atom is 0.157 e. The molecule has 6 nitrogen and oxygen atoms in total. The van der Waals surface area contributed by atoms with Crippen molar-refractivity contribution in [1.29, 1.82) is 0 Å². The Kier molecular flexibility index (Phi) is 4.90. The van der Waals surface area contributed by atoms with Crippen LogP contribution in [-0.2, 0) is 11.2 Å². The molecule has 0 aliphatic carbocycles. The number of fused-ring (bicyclic) bond motifs is 1. The minimum absolute atomic E-state index is 0.119. The summed E-state index contributed by atoms with van der Waals surface area (Å²) in [6.45, 7) is 4.52. The van der Waals surface area contributed by atoms with E-state index < -0.39 is 0 Å². The van der Waals surface area contributed by atoms with Crippen LogP contribution in [-0.4, -0.2) is 34.3 Å². The zero-order chi connectivity index (χ0) is 15.4. The van der Waals surface area contributed by atoms with Crippen LogP contribution in [0, 0.1) is 0 Å². The Hall–Kier alpha value is -1.66. The van der Waals surface area contributed by atoms with E-state index in [9.17, 15) is 0 Å². The molecule has 1 unspecified atom stereocenters. The molecule has 2 aromatic heterocycles. The molecule has 3 rings (SSSR count). The van der Waals surface area contributed by atoms with Crippen LogP contribution in [0.25, 0.3) is 5.65 Å². The number of rotatable bonds is 7. The van der Waals surface area contributed by atoms with Crippen molar-refractivity contribution in [3.63, 3.8) is 0 Å². The molecule has 0 radical (unpaired) electrons. The first-order chi connectivity index (χ1) is 10.8. The van der Waals surface area contributed by atoms with E-state index in [-0.39, 0.29) is 6.10 Å². The van der Waals surface area contributed by atoms with Crippen molar-refractivity contribution >= 4 is 11.5 Å². The predicted molar refractivity (Wildman–Crippen MR) is 87.1 cm³/mol. The quantitative estimate of drug-likeness (QED) is 0.767. The van der Waals surface area contributed by atoms with E-state index in [4.69, 9.17) is 20.6 Å². The van der Waals surface area contributed by atoms with Gasteiger partial charge < -0.3 is 15.8 Å². The standard InChI is InChI=1S/C16H25N5O/c1-2-5-12-10-15(18-8-4-7-17)21-16(19-12)11-13(20-21)14-6-3-9-22-14/h10-11,14,18H,2-9,17H2,1H3. The summed E-state index contributed by atoms with van der Waals surface area (Å²) in [5, 5.41) is 8.14. The smallest absolute Gasteiger partial charge is 0.157 e. The maximum atomic E-state index is 5.74. The average Bonchev–Trinajstić information content (AvgIpc) is 3.16. The van der Waals surface area contributed by atoms with Crippen molar-refractivity contribution < 1.29 is 4.74 Å². The topological polar surface area (TPSA) is 77.5 Å². The molecule has 3 heterocycles. The zero-order valence-corrected chi connectivity index (χ0v) is 13.2. The molecule has 22 heavy (non-hydrogen) atoms. The van der Waals surface area contributed by atoms with E-state index in [0.717, 1.165) is 68.1 Å². The van der Waals surface area contributed by atoms with Crippen LogP contribution in [0.2, 0.25) is 0 Å². The highest BCUT2D eigenvalue weighted by molar-refractivity contribution is 5.51. The predicted octanol–water partition coefficient (Wildman–Crippen LogP) is 2.29. The van der Waals surface area contributed by atoms with Gasteiger partial charge in [0.2, 0.25) is 0 Å². The fraction of sp³-hybridized carbons (Fsp3) is 0.625. The molecule has 1 atom stereocenters. The van der Waals surface area contributed by atoms with Crippen LogP contribution < -0.4 is 11.1 Å². The third kappa shape index (κ3) is 3.23. The second-order valence-electron chi connectivity index (χ2n) is 5.79. The number of nitrogens with one attached hydrogen (secondary N) is 1. The molecular formula is C16H25N5O. The molecule has 0 spiro atoms. The van der Waals surface area contributed by atoms with E-state index in [0.29, 0.717) is 6.54 Å². The van der Waals surface area contributed by atoms with Crippen LogP contribution in [0.4, 0.5) is 5.82 Å². The zero-order valence-electron chi connectivity index (χ0n) is 13.2. The van der Waals surface area contributed by atoms with Gasteiger partial charge in [-0.2, -0.15) is 9.61 Å². The summed E-state index contributed by atoms with van der Waals surface area (Å²) in [7, 11) is 0. The summed E-state index contributed by atoms with van der Waals surface area (Å²) in [5.41, 5.74) is 8.56. The van der Waals surface area contributed by atoms with Gasteiger partial charge in [-0.25, -0.2) is 4.98 Å². The van der Waals surface area contributed by atoms with Crippen molar-refractivity contribution in [1.82, 2.24) is 14.6 Å². The molecule has 0 bridgehead atoms. The highest BCUT2D eigenvalue weighted by atomic mass is 16.5. The second-order valence-corrected chi connectivity index (χ2v) is 5.79. The molecule has 1 aliphatic heterocycles. The molecule has 1 fully saturated rings. The largest absolute Gasteiger partial charge is 0.372 e. The molecule has 6 heteroatoms. The molecule has 1 saturated heterocycles. The molecule has 120 valence electrons. The Morgan fingerprint density at radius 1 is 1.45 bits per heavy atom. The van der Waals surface area contributed by atoms with Gasteiger partial charge in [-0.05, 0) is 32.2 Å². The third-order valence-electron chi connectivity index (χ3n) is 3.95. The van der Waals surface area contributed by atoms with Gasteiger partial charge in [-0.15, -0.1) is 0 Å². The lowest BCUT2D eigenvalue weighted by Gasteiger charge is -2.10. The number of hydrogen-bond donors (Lipinski definition) is 2. The summed E-state index contributed by atoms with van der Waals surface area (Å²) in [6.07, 6.45) is 5.26. The monoisotopic (exact) mass is 303 g/mol. The normalized spacial score (nSPS) is 18.2. The molecular weight excluding hydrogens is 278 g/mol.